The van der Waals surface area contributed by atoms with Gasteiger partial charge in [0.1, 0.15) is 11.7 Å². The quantitative estimate of drug-likeness (QED) is 0.909. The summed E-state index contributed by atoms with van der Waals surface area (Å²) in [5.74, 6) is 0.274. The van der Waals surface area contributed by atoms with Crippen molar-refractivity contribution in [3.05, 3.63) is 22.4 Å². The summed E-state index contributed by atoms with van der Waals surface area (Å²) in [6.07, 6.45) is 7.38. The minimum Gasteiger partial charge on any atom is -0.376 e. The number of ether oxygens (including phenoxy) is 1. The van der Waals surface area contributed by atoms with Crippen LogP contribution >= 0.6 is 11.3 Å². The number of rotatable bonds is 5. The first kappa shape index (κ1) is 13.7. The zero-order chi connectivity index (χ0) is 14.3. The number of amides is 1. The summed E-state index contributed by atoms with van der Waals surface area (Å²) in [6, 6.07) is 4.17. The van der Waals surface area contributed by atoms with Gasteiger partial charge in [-0.25, -0.2) is 0 Å². The molecule has 3 fully saturated rings. The lowest BCUT2D eigenvalue weighted by atomic mass is 10.3. The molecule has 21 heavy (non-hydrogen) atoms. The minimum atomic E-state index is -0.248. The normalized spacial score (nSPS) is 27.9. The van der Waals surface area contributed by atoms with Crippen molar-refractivity contribution in [1.29, 1.82) is 0 Å². The fourth-order valence-electron chi connectivity index (χ4n) is 3.55. The molecule has 4 nitrogen and oxygen atoms in total. The lowest BCUT2D eigenvalue weighted by Crippen LogP contribution is -2.35. The second-order valence-corrected chi connectivity index (χ2v) is 7.40. The molecule has 114 valence electrons. The number of thiophene rings is 1. The molecular formula is C16H22N2O2S. The van der Waals surface area contributed by atoms with Gasteiger partial charge >= 0.3 is 0 Å². The van der Waals surface area contributed by atoms with Crippen molar-refractivity contribution < 1.29 is 9.53 Å². The zero-order valence-electron chi connectivity index (χ0n) is 12.2. The molecule has 0 radical (unpaired) electrons. The van der Waals surface area contributed by atoms with Crippen LogP contribution in [-0.2, 0) is 9.53 Å². The molecule has 1 aromatic heterocycles. The first-order valence-electron chi connectivity index (χ1n) is 8.02. The standard InChI is InChI=1S/C16H22N2O2S/c19-15-16(7-8-16)17-14(13-6-3-11-21-13)18(15)9-10-20-12-4-1-2-5-12/h3,6,11-12,14,17H,1-2,4-5,7-10H2. The Labute approximate surface area is 129 Å². The molecule has 1 atom stereocenters. The molecular weight excluding hydrogens is 284 g/mol. The third-order valence-electron chi connectivity index (χ3n) is 4.95. The van der Waals surface area contributed by atoms with Crippen LogP contribution < -0.4 is 5.32 Å². The Hall–Kier alpha value is -0.910. The van der Waals surface area contributed by atoms with Crippen LogP contribution in [0.2, 0.25) is 0 Å². The van der Waals surface area contributed by atoms with Crippen molar-refractivity contribution in [2.45, 2.75) is 56.3 Å². The summed E-state index contributed by atoms with van der Waals surface area (Å²) in [4.78, 5) is 15.9. The van der Waals surface area contributed by atoms with Gasteiger partial charge in [0.2, 0.25) is 5.91 Å². The molecule has 2 aliphatic carbocycles. The van der Waals surface area contributed by atoms with E-state index in [9.17, 15) is 4.79 Å². The number of nitrogens with one attached hydrogen (secondary N) is 1. The highest BCUT2D eigenvalue weighted by Gasteiger charge is 2.59. The number of carbonyl (C=O) groups excluding carboxylic acids is 1. The van der Waals surface area contributed by atoms with E-state index >= 15 is 0 Å². The summed E-state index contributed by atoms with van der Waals surface area (Å²) < 4.78 is 5.95. The predicted molar refractivity (Wildman–Crippen MR) is 82.1 cm³/mol. The van der Waals surface area contributed by atoms with Crippen LogP contribution in [0.15, 0.2) is 17.5 Å². The second-order valence-electron chi connectivity index (χ2n) is 6.42. The molecule has 2 heterocycles. The van der Waals surface area contributed by atoms with Gasteiger partial charge in [-0.1, -0.05) is 18.9 Å². The lowest BCUT2D eigenvalue weighted by molar-refractivity contribution is -0.131. The summed E-state index contributed by atoms with van der Waals surface area (Å²) in [5.41, 5.74) is -0.248. The Morgan fingerprint density at radius 2 is 2.19 bits per heavy atom. The Bertz CT molecular complexity index is 506. The minimum absolute atomic E-state index is 0.0483. The van der Waals surface area contributed by atoms with Gasteiger partial charge in [-0.2, -0.15) is 0 Å². The first-order valence-corrected chi connectivity index (χ1v) is 8.90. The maximum absolute atomic E-state index is 12.6. The van der Waals surface area contributed by atoms with Crippen molar-refractivity contribution >= 4 is 17.2 Å². The number of hydrogen-bond donors (Lipinski definition) is 1. The average molecular weight is 306 g/mol. The van der Waals surface area contributed by atoms with Gasteiger partial charge in [0.15, 0.2) is 0 Å². The highest BCUT2D eigenvalue weighted by molar-refractivity contribution is 7.10. The Balaban J connectivity index is 1.41. The van der Waals surface area contributed by atoms with Crippen LogP contribution in [0.3, 0.4) is 0 Å². The first-order chi connectivity index (χ1) is 10.3. The highest BCUT2D eigenvalue weighted by Crippen LogP contribution is 2.46. The monoisotopic (exact) mass is 306 g/mol. The predicted octanol–water partition coefficient (Wildman–Crippen LogP) is 2.67. The molecule has 1 amide bonds. The molecule has 1 aliphatic heterocycles. The van der Waals surface area contributed by atoms with E-state index in [2.05, 4.69) is 22.8 Å². The van der Waals surface area contributed by atoms with E-state index in [0.717, 1.165) is 12.8 Å². The molecule has 5 heteroatoms. The summed E-state index contributed by atoms with van der Waals surface area (Å²) >= 11 is 1.72. The third kappa shape index (κ3) is 2.51. The summed E-state index contributed by atoms with van der Waals surface area (Å²) in [5, 5.41) is 5.63. The topological polar surface area (TPSA) is 41.6 Å². The van der Waals surface area contributed by atoms with Crippen molar-refractivity contribution in [3.63, 3.8) is 0 Å². The fourth-order valence-corrected chi connectivity index (χ4v) is 4.34. The van der Waals surface area contributed by atoms with E-state index in [-0.39, 0.29) is 17.6 Å². The van der Waals surface area contributed by atoms with Gasteiger partial charge in [0, 0.05) is 11.4 Å². The van der Waals surface area contributed by atoms with Crippen molar-refractivity contribution in [2.75, 3.05) is 13.2 Å². The van der Waals surface area contributed by atoms with E-state index in [1.54, 1.807) is 11.3 Å². The Morgan fingerprint density at radius 3 is 2.86 bits per heavy atom. The largest absolute Gasteiger partial charge is 0.376 e. The van der Waals surface area contributed by atoms with E-state index < -0.39 is 0 Å². The molecule has 0 bridgehead atoms. The Kier molecular flexibility index (Phi) is 3.52. The van der Waals surface area contributed by atoms with E-state index in [4.69, 9.17) is 4.74 Å². The third-order valence-corrected chi connectivity index (χ3v) is 5.87. The van der Waals surface area contributed by atoms with E-state index in [1.165, 1.54) is 30.6 Å². The highest BCUT2D eigenvalue weighted by atomic mass is 32.1. The number of hydrogen-bond acceptors (Lipinski definition) is 4. The maximum Gasteiger partial charge on any atom is 0.244 e. The zero-order valence-corrected chi connectivity index (χ0v) is 13.0. The van der Waals surface area contributed by atoms with Gasteiger partial charge in [-0.15, -0.1) is 11.3 Å². The summed E-state index contributed by atoms with van der Waals surface area (Å²) in [6.45, 7) is 1.36. The van der Waals surface area contributed by atoms with Gasteiger partial charge in [-0.05, 0) is 37.1 Å². The van der Waals surface area contributed by atoms with Crippen LogP contribution in [0.1, 0.15) is 49.6 Å². The van der Waals surface area contributed by atoms with Crippen LogP contribution in [0.5, 0.6) is 0 Å². The summed E-state index contributed by atoms with van der Waals surface area (Å²) in [7, 11) is 0. The van der Waals surface area contributed by atoms with Crippen molar-refractivity contribution in [2.24, 2.45) is 0 Å². The smallest absolute Gasteiger partial charge is 0.244 e. The maximum atomic E-state index is 12.6. The molecule has 1 aromatic rings. The van der Waals surface area contributed by atoms with Gasteiger partial charge in [0.25, 0.3) is 0 Å². The molecule has 1 N–H and O–H groups in total. The Morgan fingerprint density at radius 1 is 1.38 bits per heavy atom. The second kappa shape index (κ2) is 5.38. The average Bonchev–Trinajstić information content (AvgIpc) is 2.92. The van der Waals surface area contributed by atoms with Gasteiger partial charge < -0.3 is 9.64 Å². The number of nitrogens with zero attached hydrogens (tertiary/aromatic N) is 1. The van der Waals surface area contributed by atoms with Crippen LogP contribution in [-0.4, -0.2) is 35.6 Å². The van der Waals surface area contributed by atoms with Crippen molar-refractivity contribution in [3.8, 4) is 0 Å². The fraction of sp³-hybridized carbons (Fsp3) is 0.688. The molecule has 1 spiro atoms. The lowest BCUT2D eigenvalue weighted by Gasteiger charge is -2.24. The van der Waals surface area contributed by atoms with Crippen LogP contribution in [0, 0.1) is 0 Å². The van der Waals surface area contributed by atoms with Crippen LogP contribution in [0.4, 0.5) is 0 Å². The molecule has 4 rings (SSSR count). The van der Waals surface area contributed by atoms with Crippen LogP contribution in [0.25, 0.3) is 0 Å². The molecule has 2 saturated carbocycles. The molecule has 1 unspecified atom stereocenters. The SMILES string of the molecule is O=C1N(CCOC2CCCC2)C(c2cccs2)NC12CC2. The molecule has 1 saturated heterocycles. The van der Waals surface area contributed by atoms with Crippen molar-refractivity contribution in [1.82, 2.24) is 10.2 Å². The van der Waals surface area contributed by atoms with Gasteiger partial charge in [-0.3, -0.25) is 10.1 Å². The molecule has 3 aliphatic rings. The van der Waals surface area contributed by atoms with Gasteiger partial charge in [0.05, 0.1) is 12.7 Å². The van der Waals surface area contributed by atoms with E-state index in [0.29, 0.717) is 19.3 Å². The molecule has 0 aromatic carbocycles. The van der Waals surface area contributed by atoms with E-state index in [1.807, 2.05) is 4.90 Å². The number of carbonyl (C=O) groups is 1.